The number of benzene rings is 3. The van der Waals surface area contributed by atoms with Crippen LogP contribution in [0.2, 0.25) is 0 Å². The van der Waals surface area contributed by atoms with Crippen LogP contribution in [0.15, 0.2) is 66.7 Å². The van der Waals surface area contributed by atoms with E-state index in [-0.39, 0.29) is 13.1 Å². The molecule has 170 valence electrons. The summed E-state index contributed by atoms with van der Waals surface area (Å²) in [5, 5.41) is 0.480. The van der Waals surface area contributed by atoms with Gasteiger partial charge in [-0.15, -0.1) is 0 Å². The molecule has 1 aromatic heterocycles. The Balaban J connectivity index is 1.52. The number of thiazole rings is 1. The van der Waals surface area contributed by atoms with Crippen molar-refractivity contribution < 1.29 is 19.1 Å². The lowest BCUT2D eigenvalue weighted by Crippen LogP contribution is -2.42. The van der Waals surface area contributed by atoms with Crippen molar-refractivity contribution in [2.24, 2.45) is 0 Å². The Morgan fingerprint density at radius 2 is 1.62 bits per heavy atom. The number of ether oxygens (including phenoxy) is 1. The van der Waals surface area contributed by atoms with Crippen molar-refractivity contribution in [3.63, 3.8) is 0 Å². The van der Waals surface area contributed by atoms with Gasteiger partial charge in [-0.3, -0.25) is 24.2 Å². The molecule has 4 aromatic rings. The molecule has 0 bridgehead atoms. The van der Waals surface area contributed by atoms with Crippen molar-refractivity contribution in [3.8, 4) is 5.75 Å². The number of amides is 3. The number of carbonyl (C=O) groups excluding carboxylic acids is 3. The quantitative estimate of drug-likeness (QED) is 0.389. The van der Waals surface area contributed by atoms with E-state index in [1.54, 1.807) is 31.4 Å². The first kappa shape index (κ1) is 21.8. The molecule has 0 saturated heterocycles. The minimum absolute atomic E-state index is 0.254. The van der Waals surface area contributed by atoms with Gasteiger partial charge in [0, 0.05) is 0 Å². The Bertz CT molecular complexity index is 1400. The topological polar surface area (TPSA) is 79.8 Å². The molecule has 1 aliphatic rings. The molecule has 0 radical (unpaired) electrons. The van der Waals surface area contributed by atoms with Gasteiger partial charge in [0.05, 0.1) is 29.5 Å². The van der Waals surface area contributed by atoms with Gasteiger partial charge in [0.2, 0.25) is 5.91 Å². The van der Waals surface area contributed by atoms with Crippen LogP contribution in [-0.2, 0) is 11.3 Å². The van der Waals surface area contributed by atoms with E-state index in [1.165, 1.54) is 16.2 Å². The third-order valence-corrected chi connectivity index (χ3v) is 7.01. The SMILES string of the molecule is COc1ccc(C)c2sc(N(Cc3ccccc3)C(=O)CN3C(=O)c4ccccc4C3=O)nc12. The van der Waals surface area contributed by atoms with Gasteiger partial charge in [0.15, 0.2) is 5.13 Å². The highest BCUT2D eigenvalue weighted by Gasteiger charge is 2.37. The number of methoxy groups -OCH3 is 1. The molecule has 2 heterocycles. The summed E-state index contributed by atoms with van der Waals surface area (Å²) in [6.07, 6.45) is 0. The van der Waals surface area contributed by atoms with E-state index in [0.717, 1.165) is 20.7 Å². The molecule has 8 heteroatoms. The number of fused-ring (bicyclic) bond motifs is 2. The zero-order valence-corrected chi connectivity index (χ0v) is 19.5. The number of aryl methyl sites for hydroxylation is 1. The second kappa shape index (κ2) is 8.72. The molecule has 0 saturated carbocycles. The van der Waals surface area contributed by atoms with Crippen molar-refractivity contribution in [2.45, 2.75) is 13.5 Å². The normalized spacial score (nSPS) is 12.8. The Hall–Kier alpha value is -4.04. The average molecular weight is 472 g/mol. The van der Waals surface area contributed by atoms with E-state index < -0.39 is 17.7 Å². The maximum atomic E-state index is 13.6. The molecule has 5 rings (SSSR count). The Kier molecular flexibility index (Phi) is 5.59. The predicted octanol–water partition coefficient (Wildman–Crippen LogP) is 4.44. The van der Waals surface area contributed by atoms with Crippen molar-refractivity contribution in [2.75, 3.05) is 18.6 Å². The van der Waals surface area contributed by atoms with Crippen LogP contribution >= 0.6 is 11.3 Å². The van der Waals surface area contributed by atoms with Gasteiger partial charge in [0.25, 0.3) is 11.8 Å². The zero-order valence-electron chi connectivity index (χ0n) is 18.6. The first-order valence-corrected chi connectivity index (χ1v) is 11.5. The van der Waals surface area contributed by atoms with E-state index in [4.69, 9.17) is 9.72 Å². The van der Waals surface area contributed by atoms with Crippen molar-refractivity contribution in [1.82, 2.24) is 9.88 Å². The second-order valence-electron chi connectivity index (χ2n) is 7.97. The molecule has 3 aromatic carbocycles. The highest BCUT2D eigenvalue weighted by molar-refractivity contribution is 7.22. The summed E-state index contributed by atoms with van der Waals surface area (Å²) in [5.74, 6) is -0.699. The standard InChI is InChI=1S/C26H21N3O4S/c1-16-12-13-20(33-2)22-23(16)34-26(27-22)28(14-17-8-4-3-5-9-17)21(30)15-29-24(31)18-10-6-7-11-19(18)25(29)32/h3-13H,14-15H2,1-2H3. The van der Waals surface area contributed by atoms with E-state index in [1.807, 2.05) is 49.4 Å². The van der Waals surface area contributed by atoms with E-state index >= 15 is 0 Å². The second-order valence-corrected chi connectivity index (χ2v) is 8.94. The monoisotopic (exact) mass is 471 g/mol. The number of rotatable bonds is 6. The Morgan fingerprint density at radius 3 is 2.26 bits per heavy atom. The van der Waals surface area contributed by atoms with Crippen LogP contribution in [0.4, 0.5) is 5.13 Å². The number of imide groups is 1. The van der Waals surface area contributed by atoms with Crippen LogP contribution in [-0.4, -0.2) is 41.3 Å². The molecule has 0 fully saturated rings. The fraction of sp³-hybridized carbons (Fsp3) is 0.154. The van der Waals surface area contributed by atoms with Gasteiger partial charge in [-0.2, -0.15) is 0 Å². The number of nitrogens with zero attached hydrogens (tertiary/aromatic N) is 3. The lowest BCUT2D eigenvalue weighted by molar-refractivity contribution is -0.119. The maximum absolute atomic E-state index is 13.6. The summed E-state index contributed by atoms with van der Waals surface area (Å²) in [5.41, 5.74) is 3.23. The first-order valence-electron chi connectivity index (χ1n) is 10.7. The summed E-state index contributed by atoms with van der Waals surface area (Å²) in [4.78, 5) is 46.5. The molecular formula is C26H21N3O4S. The van der Waals surface area contributed by atoms with Crippen LogP contribution in [0.25, 0.3) is 10.2 Å². The number of aromatic nitrogens is 1. The number of hydrogen-bond acceptors (Lipinski definition) is 6. The van der Waals surface area contributed by atoms with Crippen LogP contribution in [0.3, 0.4) is 0 Å². The van der Waals surface area contributed by atoms with Gasteiger partial charge in [0.1, 0.15) is 17.8 Å². The fourth-order valence-corrected chi connectivity index (χ4v) is 5.08. The molecule has 0 spiro atoms. The molecule has 0 atom stereocenters. The summed E-state index contributed by atoms with van der Waals surface area (Å²) in [6, 6.07) is 19.9. The van der Waals surface area contributed by atoms with Gasteiger partial charge < -0.3 is 4.74 Å². The highest BCUT2D eigenvalue weighted by Crippen LogP contribution is 2.37. The largest absolute Gasteiger partial charge is 0.494 e. The molecular weight excluding hydrogens is 450 g/mol. The smallest absolute Gasteiger partial charge is 0.262 e. The number of anilines is 1. The third kappa shape index (κ3) is 3.72. The molecule has 0 aliphatic carbocycles. The summed E-state index contributed by atoms with van der Waals surface area (Å²) in [7, 11) is 1.58. The summed E-state index contributed by atoms with van der Waals surface area (Å²) >= 11 is 1.38. The van der Waals surface area contributed by atoms with Gasteiger partial charge in [-0.25, -0.2) is 4.98 Å². The van der Waals surface area contributed by atoms with Crippen molar-refractivity contribution in [3.05, 3.63) is 89.0 Å². The zero-order chi connectivity index (χ0) is 23.8. The van der Waals surface area contributed by atoms with Crippen molar-refractivity contribution in [1.29, 1.82) is 0 Å². The average Bonchev–Trinajstić information content (AvgIpc) is 3.40. The predicted molar refractivity (Wildman–Crippen MR) is 130 cm³/mol. The van der Waals surface area contributed by atoms with Crippen molar-refractivity contribution >= 4 is 44.4 Å². The lowest BCUT2D eigenvalue weighted by atomic mass is 10.1. The molecule has 3 amide bonds. The van der Waals surface area contributed by atoms with E-state index in [9.17, 15) is 14.4 Å². The van der Waals surface area contributed by atoms with Gasteiger partial charge in [-0.05, 0) is 36.2 Å². The van der Waals surface area contributed by atoms with Gasteiger partial charge in [-0.1, -0.05) is 59.9 Å². The van der Waals surface area contributed by atoms with Crippen LogP contribution in [0, 0.1) is 6.92 Å². The number of carbonyl (C=O) groups is 3. The first-order chi connectivity index (χ1) is 16.5. The lowest BCUT2D eigenvalue weighted by Gasteiger charge is -2.22. The fourth-order valence-electron chi connectivity index (χ4n) is 4.01. The molecule has 0 N–H and O–H groups in total. The minimum Gasteiger partial charge on any atom is -0.494 e. The minimum atomic E-state index is -0.463. The molecule has 34 heavy (non-hydrogen) atoms. The van der Waals surface area contributed by atoms with E-state index in [0.29, 0.717) is 27.5 Å². The van der Waals surface area contributed by atoms with Gasteiger partial charge >= 0.3 is 0 Å². The Labute approximate surface area is 200 Å². The molecule has 1 aliphatic heterocycles. The third-order valence-electron chi connectivity index (χ3n) is 5.80. The number of hydrogen-bond donors (Lipinski definition) is 0. The highest BCUT2D eigenvalue weighted by atomic mass is 32.1. The summed E-state index contributed by atoms with van der Waals surface area (Å²) < 4.78 is 6.39. The maximum Gasteiger partial charge on any atom is 0.262 e. The Morgan fingerprint density at radius 1 is 0.971 bits per heavy atom. The van der Waals surface area contributed by atoms with Crippen LogP contribution in [0.1, 0.15) is 31.8 Å². The molecule has 0 unspecified atom stereocenters. The molecule has 7 nitrogen and oxygen atoms in total. The summed E-state index contributed by atoms with van der Waals surface area (Å²) in [6.45, 7) is 1.86. The van der Waals surface area contributed by atoms with Crippen LogP contribution in [0.5, 0.6) is 5.75 Å². The van der Waals surface area contributed by atoms with Crippen LogP contribution < -0.4 is 9.64 Å². The van der Waals surface area contributed by atoms with E-state index in [2.05, 4.69) is 0 Å².